The standard InChI is InChI=1S/C15H20N2O6/c1-21-11-5-10(6-12(7-11)22-2)3-4-15(20)23-9-14(19)17-8-13(16)18/h5-7H,3-4,8-9H2,1-2H3,(H2,16,18)(H,17,19). The Balaban J connectivity index is 2.41. The minimum atomic E-state index is -0.670. The zero-order valence-electron chi connectivity index (χ0n) is 13.1. The maximum absolute atomic E-state index is 11.6. The summed E-state index contributed by atoms with van der Waals surface area (Å²) in [5, 5.41) is 2.22. The van der Waals surface area contributed by atoms with Gasteiger partial charge in [0.2, 0.25) is 5.91 Å². The van der Waals surface area contributed by atoms with E-state index in [1.54, 1.807) is 18.2 Å². The van der Waals surface area contributed by atoms with Crippen LogP contribution in [0.4, 0.5) is 0 Å². The van der Waals surface area contributed by atoms with Crippen LogP contribution in [0.2, 0.25) is 0 Å². The molecule has 1 aromatic carbocycles. The molecule has 0 saturated carbocycles. The fourth-order valence-electron chi connectivity index (χ4n) is 1.71. The van der Waals surface area contributed by atoms with Gasteiger partial charge < -0.3 is 25.3 Å². The SMILES string of the molecule is COc1cc(CCC(=O)OCC(=O)NCC(N)=O)cc(OC)c1. The third-order valence-electron chi connectivity index (χ3n) is 2.85. The van der Waals surface area contributed by atoms with Gasteiger partial charge in [-0.05, 0) is 24.1 Å². The van der Waals surface area contributed by atoms with Crippen LogP contribution in [0.25, 0.3) is 0 Å². The van der Waals surface area contributed by atoms with Gasteiger partial charge in [0.15, 0.2) is 6.61 Å². The number of aryl methyl sites for hydroxylation is 1. The number of carbonyl (C=O) groups excluding carboxylic acids is 3. The van der Waals surface area contributed by atoms with Crippen LogP contribution >= 0.6 is 0 Å². The van der Waals surface area contributed by atoms with Crippen molar-refractivity contribution < 1.29 is 28.6 Å². The lowest BCUT2D eigenvalue weighted by Crippen LogP contribution is -2.36. The fourth-order valence-corrected chi connectivity index (χ4v) is 1.71. The van der Waals surface area contributed by atoms with Gasteiger partial charge in [0.05, 0.1) is 20.8 Å². The minimum Gasteiger partial charge on any atom is -0.497 e. The van der Waals surface area contributed by atoms with Crippen molar-refractivity contribution >= 4 is 17.8 Å². The average molecular weight is 324 g/mol. The van der Waals surface area contributed by atoms with Crippen molar-refractivity contribution in [2.24, 2.45) is 5.73 Å². The van der Waals surface area contributed by atoms with Gasteiger partial charge in [0.1, 0.15) is 11.5 Å². The molecule has 0 aromatic heterocycles. The van der Waals surface area contributed by atoms with Gasteiger partial charge >= 0.3 is 5.97 Å². The Morgan fingerprint density at radius 1 is 1.09 bits per heavy atom. The summed E-state index contributed by atoms with van der Waals surface area (Å²) in [7, 11) is 3.08. The molecule has 0 aliphatic rings. The molecule has 23 heavy (non-hydrogen) atoms. The first kappa shape index (κ1) is 18.3. The Labute approximate surface area is 133 Å². The molecule has 126 valence electrons. The van der Waals surface area contributed by atoms with E-state index in [0.717, 1.165) is 5.56 Å². The Bertz CT molecular complexity index is 551. The number of nitrogens with two attached hydrogens (primary N) is 1. The van der Waals surface area contributed by atoms with Crippen molar-refractivity contribution in [1.82, 2.24) is 5.32 Å². The quantitative estimate of drug-likeness (QED) is 0.607. The van der Waals surface area contributed by atoms with Crippen molar-refractivity contribution in [2.75, 3.05) is 27.4 Å². The van der Waals surface area contributed by atoms with Gasteiger partial charge in [0, 0.05) is 12.5 Å². The summed E-state index contributed by atoms with van der Waals surface area (Å²) in [6.07, 6.45) is 0.509. The largest absolute Gasteiger partial charge is 0.497 e. The summed E-state index contributed by atoms with van der Waals surface area (Å²) < 4.78 is 15.1. The Morgan fingerprint density at radius 2 is 1.70 bits per heavy atom. The number of nitrogens with one attached hydrogen (secondary N) is 1. The van der Waals surface area contributed by atoms with E-state index in [2.05, 4.69) is 5.32 Å². The van der Waals surface area contributed by atoms with Crippen LogP contribution in [-0.4, -0.2) is 45.2 Å². The van der Waals surface area contributed by atoms with E-state index in [1.807, 2.05) is 0 Å². The molecule has 0 saturated heterocycles. The predicted octanol–water partition coefficient (Wildman–Crippen LogP) is -0.219. The Kier molecular flexibility index (Phi) is 7.38. The topological polar surface area (TPSA) is 117 Å². The highest BCUT2D eigenvalue weighted by atomic mass is 16.5. The second kappa shape index (κ2) is 9.29. The van der Waals surface area contributed by atoms with E-state index in [0.29, 0.717) is 17.9 Å². The van der Waals surface area contributed by atoms with E-state index in [4.69, 9.17) is 19.9 Å². The molecular weight excluding hydrogens is 304 g/mol. The number of carbonyl (C=O) groups is 3. The minimum absolute atomic E-state index is 0.0966. The number of rotatable bonds is 9. The summed E-state index contributed by atoms with van der Waals surface area (Å²) in [5.74, 6) is -0.532. The first-order valence-corrected chi connectivity index (χ1v) is 6.87. The zero-order valence-corrected chi connectivity index (χ0v) is 13.1. The van der Waals surface area contributed by atoms with Crippen LogP contribution in [0, 0.1) is 0 Å². The summed E-state index contributed by atoms with van der Waals surface area (Å²) >= 11 is 0. The van der Waals surface area contributed by atoms with Crippen LogP contribution in [0.3, 0.4) is 0 Å². The summed E-state index contributed by atoms with van der Waals surface area (Å²) in [5.41, 5.74) is 5.72. The third-order valence-corrected chi connectivity index (χ3v) is 2.85. The predicted molar refractivity (Wildman–Crippen MR) is 81.0 cm³/mol. The summed E-state index contributed by atoms with van der Waals surface area (Å²) in [6.45, 7) is -0.743. The van der Waals surface area contributed by atoms with Crippen molar-refractivity contribution in [3.63, 3.8) is 0 Å². The van der Waals surface area contributed by atoms with Crippen molar-refractivity contribution in [1.29, 1.82) is 0 Å². The fraction of sp³-hybridized carbons (Fsp3) is 0.400. The van der Waals surface area contributed by atoms with Crippen LogP contribution in [0.15, 0.2) is 18.2 Å². The number of amides is 2. The lowest BCUT2D eigenvalue weighted by molar-refractivity contribution is -0.148. The number of benzene rings is 1. The molecule has 0 aliphatic carbocycles. The second-order valence-corrected chi connectivity index (χ2v) is 4.62. The number of methoxy groups -OCH3 is 2. The molecule has 2 amide bonds. The number of ether oxygens (including phenoxy) is 3. The molecule has 0 aliphatic heterocycles. The molecule has 0 unspecified atom stereocenters. The molecule has 1 rings (SSSR count). The highest BCUT2D eigenvalue weighted by Crippen LogP contribution is 2.23. The van der Waals surface area contributed by atoms with E-state index < -0.39 is 24.4 Å². The van der Waals surface area contributed by atoms with Gasteiger partial charge in [0.25, 0.3) is 5.91 Å². The molecule has 0 bridgehead atoms. The maximum atomic E-state index is 11.6. The third kappa shape index (κ3) is 7.16. The number of esters is 1. The van der Waals surface area contributed by atoms with Crippen molar-refractivity contribution in [2.45, 2.75) is 12.8 Å². The lowest BCUT2D eigenvalue weighted by atomic mass is 10.1. The highest BCUT2D eigenvalue weighted by molar-refractivity contribution is 5.85. The van der Waals surface area contributed by atoms with E-state index >= 15 is 0 Å². The van der Waals surface area contributed by atoms with Crippen LogP contribution in [0.1, 0.15) is 12.0 Å². The zero-order chi connectivity index (χ0) is 17.2. The summed E-state index contributed by atoms with van der Waals surface area (Å²) in [4.78, 5) is 33.4. The first-order valence-electron chi connectivity index (χ1n) is 6.87. The van der Waals surface area contributed by atoms with Crippen LogP contribution in [-0.2, 0) is 25.5 Å². The average Bonchev–Trinajstić information content (AvgIpc) is 2.55. The van der Waals surface area contributed by atoms with E-state index in [1.165, 1.54) is 14.2 Å². The van der Waals surface area contributed by atoms with E-state index in [-0.39, 0.29) is 13.0 Å². The molecule has 8 nitrogen and oxygen atoms in total. The number of primary amides is 1. The Hall–Kier alpha value is -2.77. The maximum Gasteiger partial charge on any atom is 0.306 e. The Morgan fingerprint density at radius 3 is 2.22 bits per heavy atom. The van der Waals surface area contributed by atoms with Gasteiger partial charge in [-0.1, -0.05) is 0 Å². The van der Waals surface area contributed by atoms with Gasteiger partial charge in [-0.3, -0.25) is 14.4 Å². The smallest absolute Gasteiger partial charge is 0.306 e. The van der Waals surface area contributed by atoms with Gasteiger partial charge in [-0.2, -0.15) is 0 Å². The molecule has 0 spiro atoms. The molecule has 0 fully saturated rings. The van der Waals surface area contributed by atoms with Crippen molar-refractivity contribution in [3.05, 3.63) is 23.8 Å². The molecule has 3 N–H and O–H groups in total. The van der Waals surface area contributed by atoms with Crippen molar-refractivity contribution in [3.8, 4) is 11.5 Å². The highest BCUT2D eigenvalue weighted by Gasteiger charge is 2.09. The van der Waals surface area contributed by atoms with E-state index in [9.17, 15) is 14.4 Å². The molecule has 1 aromatic rings. The molecular formula is C15H20N2O6. The van der Waals surface area contributed by atoms with Crippen LogP contribution < -0.4 is 20.5 Å². The van der Waals surface area contributed by atoms with Gasteiger partial charge in [-0.15, -0.1) is 0 Å². The molecule has 0 heterocycles. The normalized spacial score (nSPS) is 9.83. The van der Waals surface area contributed by atoms with Crippen LogP contribution in [0.5, 0.6) is 11.5 Å². The monoisotopic (exact) mass is 324 g/mol. The molecule has 0 radical (unpaired) electrons. The number of hydrogen-bond acceptors (Lipinski definition) is 6. The molecule has 8 heteroatoms. The second-order valence-electron chi connectivity index (χ2n) is 4.62. The first-order chi connectivity index (χ1) is 10.9. The molecule has 0 atom stereocenters. The summed E-state index contributed by atoms with van der Waals surface area (Å²) in [6, 6.07) is 5.30. The number of hydrogen-bond donors (Lipinski definition) is 2. The van der Waals surface area contributed by atoms with Gasteiger partial charge in [-0.25, -0.2) is 0 Å². The lowest BCUT2D eigenvalue weighted by Gasteiger charge is -2.08.